The molecular formula is C85H138B2N14O17. The Kier molecular flexibility index (Phi) is 33.9. The summed E-state index contributed by atoms with van der Waals surface area (Å²) >= 11 is 0. The third kappa shape index (κ3) is 24.9. The molecule has 8 unspecified atom stereocenters. The van der Waals surface area contributed by atoms with E-state index >= 15 is 0 Å². The number of nitrogens with zero attached hydrogens (tertiary/aromatic N) is 6. The van der Waals surface area contributed by atoms with E-state index in [-0.39, 0.29) is 116 Å². The van der Waals surface area contributed by atoms with Crippen molar-refractivity contribution in [3.8, 4) is 0 Å². The number of piperazine rings is 3. The van der Waals surface area contributed by atoms with Crippen LogP contribution in [0.4, 0.5) is 9.59 Å². The first-order valence-corrected chi connectivity index (χ1v) is 42.0. The van der Waals surface area contributed by atoms with E-state index < -0.39 is 69.1 Å². The number of benzene rings is 2. The largest absolute Gasteiger partial charge is 0.480 e. The molecule has 0 radical (unpaired) electrons. The Labute approximate surface area is 700 Å². The lowest BCUT2D eigenvalue weighted by Gasteiger charge is -2.40. The highest BCUT2D eigenvalue weighted by Gasteiger charge is 2.63. The number of hydrogen-bond acceptors (Lipinski definition) is 22. The predicted molar refractivity (Wildman–Crippen MR) is 453 cm³/mol. The van der Waals surface area contributed by atoms with Crippen molar-refractivity contribution in [2.24, 2.45) is 29.4 Å². The number of ether oxygens (including phenoxy) is 2. The van der Waals surface area contributed by atoms with Gasteiger partial charge in [0.05, 0.1) is 17.2 Å². The summed E-state index contributed by atoms with van der Waals surface area (Å²) in [4.78, 5) is 139. The number of amides is 8. The zero-order chi connectivity index (χ0) is 87.7. The fourth-order valence-corrected chi connectivity index (χ4v) is 18.1. The molecule has 10 rings (SSSR count). The summed E-state index contributed by atoms with van der Waals surface area (Å²) in [6, 6.07) is 18.7. The van der Waals surface area contributed by atoms with Crippen molar-refractivity contribution in [3.05, 3.63) is 97.1 Å². The molecule has 8 aliphatic heterocycles. The van der Waals surface area contributed by atoms with Gasteiger partial charge in [-0.2, -0.15) is 0 Å². The smallest absolute Gasteiger partial charge is 0.457 e. The zero-order valence-electron chi connectivity index (χ0n) is 73.2. The number of nitrogens with two attached hydrogens (primary N) is 1. The van der Waals surface area contributed by atoms with Crippen molar-refractivity contribution in [2.45, 2.75) is 263 Å². The first-order chi connectivity index (χ1) is 55.1. The monoisotopic (exact) mass is 1650 g/mol. The number of nitrogens with one attached hydrogen (secondary N) is 7. The number of carboxylic acid groups (broad SMARTS) is 1. The Bertz CT molecular complexity index is 3760. The van der Waals surface area contributed by atoms with E-state index in [1.54, 1.807) is 22.0 Å². The molecule has 12 N–H and O–H groups in total. The average molecular weight is 1650 g/mol. The van der Waals surface area contributed by atoms with Gasteiger partial charge in [-0.05, 0) is 152 Å². The number of likely N-dealkylation sites (tertiary alicyclic amines) is 1. The molecular weight excluding hydrogens is 1510 g/mol. The Morgan fingerprint density at radius 2 is 1.01 bits per heavy atom. The van der Waals surface area contributed by atoms with Gasteiger partial charge in [0.25, 0.3) is 0 Å². The van der Waals surface area contributed by atoms with Crippen LogP contribution in [0.25, 0.3) is 0 Å². The summed E-state index contributed by atoms with van der Waals surface area (Å²) in [6.45, 7) is 47.4. The Balaban J connectivity index is 0.000000226. The molecule has 12 atom stereocenters. The molecule has 31 nitrogen and oxygen atoms in total. The predicted octanol–water partition coefficient (Wildman–Crippen LogP) is 5.09. The second kappa shape index (κ2) is 41.1. The van der Waals surface area contributed by atoms with Crippen LogP contribution >= 0.6 is 0 Å². The van der Waals surface area contributed by atoms with Crippen LogP contribution in [0.1, 0.15) is 174 Å². The van der Waals surface area contributed by atoms with Gasteiger partial charge in [-0.15, -0.1) is 13.2 Å². The van der Waals surface area contributed by atoms with Crippen LogP contribution in [0.5, 0.6) is 0 Å². The first kappa shape index (κ1) is 97.3. The summed E-state index contributed by atoms with van der Waals surface area (Å²) in [7, 11) is -1.68. The maximum absolute atomic E-state index is 14.0. The molecule has 0 bridgehead atoms. The highest BCUT2D eigenvalue weighted by molar-refractivity contribution is 6.45. The summed E-state index contributed by atoms with van der Waals surface area (Å²) < 4.78 is 23.6. The van der Waals surface area contributed by atoms with Gasteiger partial charge in [0.2, 0.25) is 35.4 Å². The maximum atomic E-state index is 14.0. The van der Waals surface area contributed by atoms with Crippen molar-refractivity contribution in [1.29, 1.82) is 0 Å². The van der Waals surface area contributed by atoms with Gasteiger partial charge >= 0.3 is 32.4 Å². The third-order valence-corrected chi connectivity index (χ3v) is 24.0. The van der Waals surface area contributed by atoms with E-state index in [9.17, 15) is 53.1 Å². The van der Waals surface area contributed by atoms with Crippen molar-refractivity contribution in [1.82, 2.24) is 66.6 Å². The Morgan fingerprint density at radius 1 is 0.593 bits per heavy atom. The highest BCUT2D eigenvalue weighted by Crippen LogP contribution is 2.45. The number of allylic oxidation sites excluding steroid dienone is 2. The molecule has 118 heavy (non-hydrogen) atoms. The fourth-order valence-electron chi connectivity index (χ4n) is 18.1. The molecule has 8 aliphatic rings. The molecule has 656 valence electrons. The van der Waals surface area contributed by atoms with E-state index in [4.69, 9.17) is 34.6 Å². The number of carbonyl (C=O) groups is 10. The summed E-state index contributed by atoms with van der Waals surface area (Å²) in [5.41, 5.74) is 1.20. The van der Waals surface area contributed by atoms with Gasteiger partial charge in [-0.25, -0.2) is 9.59 Å². The number of aldehydes is 1. The van der Waals surface area contributed by atoms with Crippen molar-refractivity contribution in [3.63, 3.8) is 0 Å². The molecule has 0 aliphatic carbocycles. The van der Waals surface area contributed by atoms with Crippen LogP contribution in [0.3, 0.4) is 0 Å². The van der Waals surface area contributed by atoms with E-state index in [0.29, 0.717) is 110 Å². The summed E-state index contributed by atoms with van der Waals surface area (Å²) in [5.74, 6) is -3.37. The molecule has 8 amide bonds. The molecule has 0 spiro atoms. The number of hydrogen-bond donors (Lipinski definition) is 11. The van der Waals surface area contributed by atoms with Gasteiger partial charge in [-0.1, -0.05) is 92.6 Å². The standard InChI is InChI=1S/C31H49BN4O6.C25H36N4O4.C18H31N3O3.C11H22BN3O4/c1-22(37)33-31(26(38)34-28(2,3)4)21-36-18-17-35(27(39)40-20-23-13-10-9-11-14-23)19-25(36)24(31)15-12-16-32-41-29(5,6)30(7,8)42-32;1-6-10-20-21-15-28(23(32)33-16-19-11-8-7-9-12-19)13-14-29(21)17-25(20,26-18(2)30)22(31)27-24(3,4)5;1-7-9-14-15(11-22)21(10-8-2)12-18(14,19-13(3)23)16(24)20-17(4,5)6;13-11(10(16)17)7-15-5-4-14-6-9(15)8(11)2-1-3-12(18)19/h9-11,13-14,24-25H,12,15-21H2,1-8H3,(H,33,37)(H,34,38);6-9,11-12,20-21H,1,10,13-17H2,2-5H3,(H,26,30)(H,27,31);7,11,14-15H,1,8-10,12H2,2-6H3,(H,19,23)(H,20,24);8-9,14,18-19H,1-7,13H2,(H,16,17)/t24?,25-,31?;20?,21-,25?;14?,15-,18?;8?,9-,11?/m1111/s1. The molecule has 33 heteroatoms. The van der Waals surface area contributed by atoms with Crippen LogP contribution in [0, 0.1) is 23.7 Å². The minimum atomic E-state index is -1.33. The topological polar surface area (TPSA) is 398 Å². The second-order valence-electron chi connectivity index (χ2n) is 37.3. The molecule has 0 aromatic heterocycles. The van der Waals surface area contributed by atoms with Crippen molar-refractivity contribution < 1.29 is 81.9 Å². The van der Waals surface area contributed by atoms with Gasteiger partial charge in [0.15, 0.2) is 0 Å². The van der Waals surface area contributed by atoms with E-state index in [2.05, 4.69) is 65.1 Å². The highest BCUT2D eigenvalue weighted by atomic mass is 16.7. The lowest BCUT2D eigenvalue weighted by Crippen LogP contribution is -2.66. The van der Waals surface area contributed by atoms with Gasteiger partial charge in [0.1, 0.15) is 41.7 Å². The van der Waals surface area contributed by atoms with E-state index in [0.717, 1.165) is 49.9 Å². The number of aliphatic carboxylic acids is 1. The van der Waals surface area contributed by atoms with Gasteiger partial charge < -0.3 is 91.5 Å². The lowest BCUT2D eigenvalue weighted by molar-refractivity contribution is -0.144. The summed E-state index contributed by atoms with van der Waals surface area (Å²) in [5, 5.41) is 48.6. The molecule has 2 aromatic carbocycles. The van der Waals surface area contributed by atoms with Crippen molar-refractivity contribution >= 4 is 74.1 Å². The lowest BCUT2D eigenvalue weighted by atomic mass is 9.74. The van der Waals surface area contributed by atoms with Crippen molar-refractivity contribution in [2.75, 3.05) is 91.6 Å². The van der Waals surface area contributed by atoms with Gasteiger partial charge in [0, 0.05) is 164 Å². The Morgan fingerprint density at radius 3 is 1.42 bits per heavy atom. The number of fused-ring (bicyclic) bond motifs is 3. The minimum Gasteiger partial charge on any atom is -0.480 e. The quantitative estimate of drug-likeness (QED) is 0.0332. The van der Waals surface area contributed by atoms with Crippen LogP contribution in [-0.2, 0) is 70.4 Å². The molecule has 8 saturated heterocycles. The molecule has 0 saturated carbocycles. The zero-order valence-corrected chi connectivity index (χ0v) is 73.2. The summed E-state index contributed by atoms with van der Waals surface area (Å²) in [6.07, 6.45) is 8.97. The van der Waals surface area contributed by atoms with Crippen LogP contribution < -0.4 is 43.0 Å². The SMILES string of the molecule is C=CCC1[C@@H](C=O)N(CCC)CC1(NC(C)=O)C(=O)NC(C)(C)C.C=CCC1[C@H]2CN(C(=O)OCc3ccccc3)CCN2CC1(NC(C)=O)C(=O)NC(C)(C)C.CC(=O)NC1(C(=O)NC(C)(C)C)CN2CCN(C(=O)OCc3ccccc3)C[C@@H]2C1CCCB1OC(C)(C)C(C)(C)O1.NC1(C(=O)O)CN2CCNC[C@@H]2C1CCCB(O)O. The Hall–Kier alpha value is -7.85. The number of carbonyl (C=O) groups excluding carboxylic acids is 9. The van der Waals surface area contributed by atoms with Gasteiger partial charge in [-0.3, -0.25) is 53.2 Å². The first-order valence-electron chi connectivity index (χ1n) is 42.0. The fraction of sp³-hybridized carbons (Fsp3) is 0.694. The second-order valence-corrected chi connectivity index (χ2v) is 37.3. The van der Waals surface area contributed by atoms with Crippen LogP contribution in [0.2, 0.25) is 12.6 Å². The van der Waals surface area contributed by atoms with Crippen LogP contribution in [-0.4, -0.2) is 284 Å². The number of rotatable bonds is 26. The van der Waals surface area contributed by atoms with E-state index in [1.165, 1.54) is 20.8 Å². The van der Waals surface area contributed by atoms with Crippen LogP contribution in [0.15, 0.2) is 86.0 Å². The molecule has 2 aromatic rings. The molecule has 8 fully saturated rings. The minimum absolute atomic E-state index is 0.0985. The molecule has 8 heterocycles. The van der Waals surface area contributed by atoms with E-state index in [1.807, 2.05) is 162 Å². The normalized spacial score (nSPS) is 27.9. The third-order valence-electron chi connectivity index (χ3n) is 24.0. The number of carboxylic acids is 1. The average Bonchev–Trinajstić information content (AvgIpc) is 1.59. The maximum Gasteiger partial charge on any atom is 0.457 e.